The number of nitrogens with one attached hydrogen (secondary N) is 1. The Bertz CT molecular complexity index is 1020. The van der Waals surface area contributed by atoms with E-state index < -0.39 is 16.9 Å². The lowest BCUT2D eigenvalue weighted by Crippen LogP contribution is -2.50. The van der Waals surface area contributed by atoms with Gasteiger partial charge >= 0.3 is 0 Å². The van der Waals surface area contributed by atoms with E-state index >= 15 is 0 Å². The van der Waals surface area contributed by atoms with Crippen LogP contribution in [0.15, 0.2) is 35.2 Å². The fourth-order valence-electron chi connectivity index (χ4n) is 5.47. The molecular weight excluding hydrogens is 454 g/mol. The molecule has 2 aliphatic heterocycles. The van der Waals surface area contributed by atoms with Crippen LogP contribution in [-0.4, -0.2) is 47.3 Å². The Morgan fingerprint density at radius 3 is 2.67 bits per heavy atom. The fourth-order valence-corrected chi connectivity index (χ4v) is 7.66. The number of piperidine rings is 1. The Labute approximate surface area is 202 Å². The molecule has 2 fully saturated rings. The van der Waals surface area contributed by atoms with Crippen molar-refractivity contribution in [3.63, 3.8) is 0 Å². The smallest absolute Gasteiger partial charge is 0.248 e. The van der Waals surface area contributed by atoms with Gasteiger partial charge in [-0.2, -0.15) is 0 Å². The van der Waals surface area contributed by atoms with Crippen LogP contribution < -0.4 is 10.5 Å². The van der Waals surface area contributed by atoms with Crippen molar-refractivity contribution in [3.8, 4) is 0 Å². The number of nitrogens with zero attached hydrogens (tertiary/aromatic N) is 1. The van der Waals surface area contributed by atoms with Gasteiger partial charge in [0.05, 0.1) is 17.1 Å². The van der Waals surface area contributed by atoms with Crippen LogP contribution in [0.1, 0.15) is 58.3 Å². The number of ether oxygens (including phenoxy) is 1. The van der Waals surface area contributed by atoms with Gasteiger partial charge in [0.25, 0.3) is 0 Å². The second-order valence-corrected chi connectivity index (χ2v) is 12.1. The van der Waals surface area contributed by atoms with Crippen molar-refractivity contribution in [2.24, 2.45) is 11.7 Å². The van der Waals surface area contributed by atoms with Crippen molar-refractivity contribution in [3.05, 3.63) is 51.2 Å². The third-order valence-electron chi connectivity index (χ3n) is 7.45. The average molecular weight is 488 g/mol. The van der Waals surface area contributed by atoms with Crippen LogP contribution in [0.5, 0.6) is 0 Å². The largest absolute Gasteiger partial charge is 0.370 e. The van der Waals surface area contributed by atoms with Crippen LogP contribution >= 0.6 is 11.3 Å². The highest BCUT2D eigenvalue weighted by atomic mass is 32.2. The number of thiophene rings is 1. The Balaban J connectivity index is 1.08. The SMILES string of the molecule is CCc1cc2c(s1)CCOC21CCN(CC2CC(NS(=O)c3ccc(C(N)=O)cc3)C2)CC1. The zero-order valence-electron chi connectivity index (χ0n) is 19.2. The maximum atomic E-state index is 12.6. The standard InChI is InChI=1S/C25H33N3O3S2/c1-2-20-15-22-23(32-20)7-12-31-25(22)8-10-28(11-9-25)16-17-13-19(14-17)27-33(30)21-5-3-18(4-6-21)24(26)29/h3-6,15,17,19,27H,2,7-14,16H2,1H3,(H2,26,29). The lowest BCUT2D eigenvalue weighted by molar-refractivity contribution is -0.0995. The van der Waals surface area contributed by atoms with Crippen LogP contribution in [0, 0.1) is 5.92 Å². The van der Waals surface area contributed by atoms with Gasteiger partial charge in [-0.1, -0.05) is 6.92 Å². The van der Waals surface area contributed by atoms with E-state index in [2.05, 4.69) is 22.6 Å². The van der Waals surface area contributed by atoms with Gasteiger partial charge in [0.1, 0.15) is 11.0 Å². The Morgan fingerprint density at radius 1 is 1.27 bits per heavy atom. The highest BCUT2D eigenvalue weighted by Gasteiger charge is 2.42. The molecule has 1 spiro atoms. The predicted molar refractivity (Wildman–Crippen MR) is 132 cm³/mol. The molecule has 1 unspecified atom stereocenters. The molecule has 3 N–H and O–H groups in total. The van der Waals surface area contributed by atoms with Crippen molar-refractivity contribution in [1.29, 1.82) is 0 Å². The summed E-state index contributed by atoms with van der Waals surface area (Å²) in [6.45, 7) is 6.39. The van der Waals surface area contributed by atoms with E-state index in [0.29, 0.717) is 16.4 Å². The summed E-state index contributed by atoms with van der Waals surface area (Å²) in [6, 6.07) is 9.37. The van der Waals surface area contributed by atoms with Crippen molar-refractivity contribution in [1.82, 2.24) is 9.62 Å². The minimum absolute atomic E-state index is 0.0569. The number of benzene rings is 1. The number of carbonyl (C=O) groups is 1. The molecule has 1 atom stereocenters. The average Bonchev–Trinajstić information content (AvgIpc) is 3.24. The van der Waals surface area contributed by atoms with E-state index in [0.717, 1.165) is 64.8 Å². The second kappa shape index (κ2) is 9.58. The first kappa shape index (κ1) is 23.2. The molecule has 2 aromatic rings. The topological polar surface area (TPSA) is 84.7 Å². The molecule has 1 aromatic carbocycles. The van der Waals surface area contributed by atoms with Crippen molar-refractivity contribution in [2.75, 3.05) is 26.2 Å². The van der Waals surface area contributed by atoms with Gasteiger partial charge in [-0.3, -0.25) is 4.79 Å². The summed E-state index contributed by atoms with van der Waals surface area (Å²) in [5.74, 6) is 0.184. The highest BCUT2D eigenvalue weighted by Crippen LogP contribution is 2.45. The summed E-state index contributed by atoms with van der Waals surface area (Å²) in [4.78, 5) is 17.5. The molecule has 1 amide bonds. The number of amides is 1. The van der Waals surface area contributed by atoms with Crippen molar-refractivity contribution < 1.29 is 13.7 Å². The lowest BCUT2D eigenvalue weighted by Gasteiger charge is -2.46. The van der Waals surface area contributed by atoms with Gasteiger partial charge in [0.15, 0.2) is 0 Å². The Hall–Kier alpha value is -1.58. The summed E-state index contributed by atoms with van der Waals surface area (Å²) in [6.07, 6.45) is 6.45. The molecule has 3 aliphatic rings. The first-order chi connectivity index (χ1) is 16.0. The number of rotatable bonds is 7. The van der Waals surface area contributed by atoms with Crippen molar-refractivity contribution in [2.45, 2.75) is 62.0 Å². The molecule has 8 heteroatoms. The number of hydrogen-bond acceptors (Lipinski definition) is 5. The molecule has 0 bridgehead atoms. The Kier molecular flexibility index (Phi) is 6.73. The molecule has 33 heavy (non-hydrogen) atoms. The first-order valence-electron chi connectivity index (χ1n) is 12.0. The maximum Gasteiger partial charge on any atom is 0.248 e. The lowest BCUT2D eigenvalue weighted by atomic mass is 9.78. The molecule has 1 saturated heterocycles. The number of aryl methyl sites for hydroxylation is 1. The summed E-state index contributed by atoms with van der Waals surface area (Å²) >= 11 is 1.99. The third kappa shape index (κ3) is 4.82. The van der Waals surface area contributed by atoms with Gasteiger partial charge in [0.2, 0.25) is 5.91 Å². The number of nitrogens with two attached hydrogens (primary N) is 1. The van der Waals surface area contributed by atoms with E-state index in [1.165, 1.54) is 10.4 Å². The second-order valence-electron chi connectivity index (χ2n) is 9.61. The van der Waals surface area contributed by atoms with Crippen LogP contribution in [0.2, 0.25) is 0 Å². The number of primary amides is 1. The zero-order chi connectivity index (χ0) is 23.0. The molecule has 1 aromatic heterocycles. The summed E-state index contributed by atoms with van der Waals surface area (Å²) in [7, 11) is -1.26. The maximum absolute atomic E-state index is 12.6. The van der Waals surface area contributed by atoms with Gasteiger partial charge in [-0.15, -0.1) is 11.3 Å². The molecule has 1 saturated carbocycles. The van der Waals surface area contributed by atoms with Crippen LogP contribution in [0.3, 0.4) is 0 Å². The van der Waals surface area contributed by atoms with Gasteiger partial charge in [0, 0.05) is 47.4 Å². The summed E-state index contributed by atoms with van der Waals surface area (Å²) < 4.78 is 22.2. The van der Waals surface area contributed by atoms with E-state index in [-0.39, 0.29) is 11.6 Å². The number of hydrogen-bond donors (Lipinski definition) is 2. The highest BCUT2D eigenvalue weighted by molar-refractivity contribution is 7.83. The van der Waals surface area contributed by atoms with Crippen LogP contribution in [-0.2, 0) is 34.2 Å². The van der Waals surface area contributed by atoms with E-state index in [4.69, 9.17) is 10.5 Å². The van der Waals surface area contributed by atoms with Gasteiger partial charge < -0.3 is 15.4 Å². The van der Waals surface area contributed by atoms with E-state index in [1.54, 1.807) is 29.1 Å². The predicted octanol–water partition coefficient (Wildman–Crippen LogP) is 3.36. The summed E-state index contributed by atoms with van der Waals surface area (Å²) in [5, 5.41) is 0. The number of likely N-dealkylation sites (tertiary alicyclic amines) is 1. The molecule has 0 radical (unpaired) electrons. The van der Waals surface area contributed by atoms with Gasteiger partial charge in [-0.25, -0.2) is 8.93 Å². The fraction of sp³-hybridized carbons (Fsp3) is 0.560. The molecule has 178 valence electrons. The van der Waals surface area contributed by atoms with E-state index in [1.807, 2.05) is 11.3 Å². The minimum Gasteiger partial charge on any atom is -0.370 e. The monoisotopic (exact) mass is 487 g/mol. The van der Waals surface area contributed by atoms with Gasteiger partial charge in [-0.05, 0) is 73.9 Å². The zero-order valence-corrected chi connectivity index (χ0v) is 20.8. The Morgan fingerprint density at radius 2 is 2.00 bits per heavy atom. The molecule has 6 nitrogen and oxygen atoms in total. The van der Waals surface area contributed by atoms with Crippen molar-refractivity contribution >= 4 is 28.2 Å². The normalized spacial score (nSPS) is 25.4. The third-order valence-corrected chi connectivity index (χ3v) is 10.0. The number of carbonyl (C=O) groups excluding carboxylic acids is 1. The first-order valence-corrected chi connectivity index (χ1v) is 14.0. The van der Waals surface area contributed by atoms with E-state index in [9.17, 15) is 9.00 Å². The quantitative estimate of drug-likeness (QED) is 0.627. The minimum atomic E-state index is -1.26. The molecule has 5 rings (SSSR count). The molecular formula is C25H33N3O3S2. The van der Waals surface area contributed by atoms with Crippen LogP contribution in [0.25, 0.3) is 0 Å². The molecule has 1 aliphatic carbocycles. The summed E-state index contributed by atoms with van der Waals surface area (Å²) in [5.41, 5.74) is 7.13. The number of fused-ring (bicyclic) bond motifs is 2. The molecule has 3 heterocycles. The van der Waals surface area contributed by atoms with Crippen LogP contribution in [0.4, 0.5) is 0 Å².